The molecular weight excluding hydrogens is 324 g/mol. The number of hydrogen-bond donors (Lipinski definition) is 0. The molecule has 5 heteroatoms. The van der Waals surface area contributed by atoms with Gasteiger partial charge >= 0.3 is 0 Å². The fourth-order valence-corrected chi connectivity index (χ4v) is 2.27. The number of benzene rings is 1. The highest BCUT2D eigenvalue weighted by Crippen LogP contribution is 2.19. The van der Waals surface area contributed by atoms with Crippen molar-refractivity contribution in [1.82, 2.24) is 9.66 Å². The van der Waals surface area contributed by atoms with Crippen LogP contribution in [0.5, 0.6) is 0 Å². The molecule has 0 fully saturated rings. The maximum Gasteiger partial charge on any atom is 0.143 e. The number of fused-ring (bicyclic) bond motifs is 1. The predicted molar refractivity (Wildman–Crippen MR) is 72.1 cm³/mol. The van der Waals surface area contributed by atoms with E-state index in [1.807, 2.05) is 23.8 Å². The van der Waals surface area contributed by atoms with Crippen molar-refractivity contribution < 1.29 is 0 Å². The van der Waals surface area contributed by atoms with Crippen LogP contribution in [0.2, 0.25) is 0 Å². The van der Waals surface area contributed by atoms with Gasteiger partial charge in [0.05, 0.1) is 16.9 Å². The molecule has 0 bridgehead atoms. The van der Waals surface area contributed by atoms with Crippen molar-refractivity contribution in [3.8, 4) is 0 Å². The van der Waals surface area contributed by atoms with Crippen LogP contribution in [0.4, 0.5) is 0 Å². The van der Waals surface area contributed by atoms with Crippen LogP contribution in [-0.2, 0) is 5.88 Å². The number of aromatic nitrogens is 2. The maximum atomic E-state index is 5.88. The Balaban J connectivity index is 2.74. The van der Waals surface area contributed by atoms with Gasteiger partial charge in [0.25, 0.3) is 0 Å². The minimum absolute atomic E-state index is 0.420. The molecule has 2 aromatic rings. The van der Waals surface area contributed by atoms with Gasteiger partial charge in [0.15, 0.2) is 0 Å². The first-order valence-electron chi connectivity index (χ1n) is 4.54. The smallest absolute Gasteiger partial charge is 0.143 e. The molecule has 1 heterocycles. The SMILES string of the molecule is CN(C)n1c(CCl)nc2cc(I)ccc21. The Morgan fingerprint density at radius 2 is 2.20 bits per heavy atom. The lowest BCUT2D eigenvalue weighted by Crippen LogP contribution is -2.26. The third kappa shape index (κ3) is 1.92. The van der Waals surface area contributed by atoms with Gasteiger partial charge in [-0.1, -0.05) is 0 Å². The van der Waals surface area contributed by atoms with E-state index >= 15 is 0 Å². The van der Waals surface area contributed by atoms with Crippen LogP contribution in [0.1, 0.15) is 5.82 Å². The van der Waals surface area contributed by atoms with E-state index in [2.05, 4.69) is 45.8 Å². The minimum atomic E-state index is 0.420. The second kappa shape index (κ2) is 4.17. The van der Waals surface area contributed by atoms with Gasteiger partial charge < -0.3 is 5.01 Å². The Bertz CT molecular complexity index is 493. The molecule has 0 spiro atoms. The van der Waals surface area contributed by atoms with Gasteiger partial charge in [-0.2, -0.15) is 0 Å². The molecule has 0 amide bonds. The van der Waals surface area contributed by atoms with Crippen molar-refractivity contribution in [2.75, 3.05) is 19.1 Å². The molecule has 0 radical (unpaired) electrons. The van der Waals surface area contributed by atoms with E-state index in [-0.39, 0.29) is 0 Å². The second-order valence-electron chi connectivity index (χ2n) is 3.45. The molecule has 1 aromatic heterocycles. The molecule has 0 N–H and O–H groups in total. The lowest BCUT2D eigenvalue weighted by Gasteiger charge is -2.17. The van der Waals surface area contributed by atoms with E-state index in [0.717, 1.165) is 16.9 Å². The number of hydrogen-bond acceptors (Lipinski definition) is 2. The van der Waals surface area contributed by atoms with E-state index < -0.39 is 0 Å². The molecule has 0 saturated heterocycles. The third-order valence-electron chi connectivity index (χ3n) is 2.18. The molecule has 0 atom stereocenters. The van der Waals surface area contributed by atoms with E-state index in [0.29, 0.717) is 5.88 Å². The molecule has 0 saturated carbocycles. The molecule has 0 aliphatic carbocycles. The Kier molecular flexibility index (Phi) is 3.06. The van der Waals surface area contributed by atoms with Crippen molar-refractivity contribution in [1.29, 1.82) is 0 Å². The molecule has 0 unspecified atom stereocenters. The molecule has 1 aromatic carbocycles. The first-order chi connectivity index (χ1) is 7.13. The lowest BCUT2D eigenvalue weighted by molar-refractivity contribution is 0.719. The van der Waals surface area contributed by atoms with Crippen molar-refractivity contribution in [2.45, 2.75) is 5.88 Å². The van der Waals surface area contributed by atoms with Crippen LogP contribution >= 0.6 is 34.2 Å². The van der Waals surface area contributed by atoms with Gasteiger partial charge in [-0.25, -0.2) is 9.66 Å². The molecule has 2 rings (SSSR count). The summed E-state index contributed by atoms with van der Waals surface area (Å²) in [6, 6.07) is 6.20. The summed E-state index contributed by atoms with van der Waals surface area (Å²) in [5.41, 5.74) is 2.09. The minimum Gasteiger partial charge on any atom is -0.317 e. The first kappa shape index (κ1) is 11.0. The molecule has 80 valence electrons. The fourth-order valence-electron chi connectivity index (χ4n) is 1.62. The van der Waals surface area contributed by atoms with Crippen LogP contribution in [0.25, 0.3) is 11.0 Å². The summed E-state index contributed by atoms with van der Waals surface area (Å²) in [5.74, 6) is 1.29. The Morgan fingerprint density at radius 3 is 2.80 bits per heavy atom. The molecular formula is C10H11ClIN3. The van der Waals surface area contributed by atoms with E-state index in [1.165, 1.54) is 3.57 Å². The van der Waals surface area contributed by atoms with Crippen molar-refractivity contribution in [2.24, 2.45) is 0 Å². The summed E-state index contributed by atoms with van der Waals surface area (Å²) < 4.78 is 3.21. The molecule has 0 aliphatic rings. The number of nitrogens with zero attached hydrogens (tertiary/aromatic N) is 3. The zero-order chi connectivity index (χ0) is 11.0. The Morgan fingerprint density at radius 1 is 1.47 bits per heavy atom. The van der Waals surface area contributed by atoms with Gasteiger partial charge in [0.1, 0.15) is 5.82 Å². The zero-order valence-electron chi connectivity index (χ0n) is 8.54. The van der Waals surface area contributed by atoms with Crippen LogP contribution in [0.15, 0.2) is 18.2 Å². The maximum absolute atomic E-state index is 5.88. The predicted octanol–water partition coefficient (Wildman–Crippen LogP) is 2.58. The highest BCUT2D eigenvalue weighted by atomic mass is 127. The quantitative estimate of drug-likeness (QED) is 0.621. The van der Waals surface area contributed by atoms with Crippen LogP contribution in [0.3, 0.4) is 0 Å². The van der Waals surface area contributed by atoms with Crippen molar-refractivity contribution in [3.63, 3.8) is 0 Å². The van der Waals surface area contributed by atoms with Crippen molar-refractivity contribution in [3.05, 3.63) is 27.6 Å². The van der Waals surface area contributed by atoms with Crippen LogP contribution < -0.4 is 5.01 Å². The van der Waals surface area contributed by atoms with Gasteiger partial charge in [0.2, 0.25) is 0 Å². The Labute approximate surface area is 107 Å². The van der Waals surface area contributed by atoms with Gasteiger partial charge in [-0.05, 0) is 40.8 Å². The second-order valence-corrected chi connectivity index (χ2v) is 4.97. The average molecular weight is 336 g/mol. The zero-order valence-corrected chi connectivity index (χ0v) is 11.5. The molecule has 15 heavy (non-hydrogen) atoms. The topological polar surface area (TPSA) is 21.1 Å². The van der Waals surface area contributed by atoms with Gasteiger partial charge in [-0.15, -0.1) is 11.6 Å². The van der Waals surface area contributed by atoms with Crippen molar-refractivity contribution >= 4 is 45.2 Å². The lowest BCUT2D eigenvalue weighted by atomic mass is 10.3. The summed E-state index contributed by atoms with van der Waals surface area (Å²) in [7, 11) is 3.96. The average Bonchev–Trinajstić information content (AvgIpc) is 2.54. The Hall–Kier alpha value is -0.490. The van der Waals surface area contributed by atoms with E-state index in [9.17, 15) is 0 Å². The van der Waals surface area contributed by atoms with Crippen LogP contribution in [0, 0.1) is 3.57 Å². The summed E-state index contributed by atoms with van der Waals surface area (Å²) in [6.07, 6.45) is 0. The highest BCUT2D eigenvalue weighted by Gasteiger charge is 2.10. The number of rotatable bonds is 2. The fraction of sp³-hybridized carbons (Fsp3) is 0.300. The summed E-state index contributed by atoms with van der Waals surface area (Å²) in [6.45, 7) is 0. The first-order valence-corrected chi connectivity index (χ1v) is 6.15. The van der Waals surface area contributed by atoms with E-state index in [4.69, 9.17) is 11.6 Å². The number of alkyl halides is 1. The monoisotopic (exact) mass is 335 g/mol. The van der Waals surface area contributed by atoms with E-state index in [1.54, 1.807) is 0 Å². The third-order valence-corrected chi connectivity index (χ3v) is 3.09. The summed E-state index contributed by atoms with van der Waals surface area (Å²) in [4.78, 5) is 4.50. The summed E-state index contributed by atoms with van der Waals surface area (Å²) >= 11 is 8.16. The summed E-state index contributed by atoms with van der Waals surface area (Å²) in [5, 5.41) is 1.99. The highest BCUT2D eigenvalue weighted by molar-refractivity contribution is 14.1. The van der Waals surface area contributed by atoms with Crippen LogP contribution in [-0.4, -0.2) is 23.8 Å². The standard InChI is InChI=1S/C10H11ClIN3/c1-14(2)15-9-4-3-7(12)5-8(9)13-10(15)6-11/h3-5H,6H2,1-2H3. The normalized spacial score (nSPS) is 10.9. The van der Waals surface area contributed by atoms with Gasteiger partial charge in [0, 0.05) is 17.7 Å². The number of imidazole rings is 1. The largest absolute Gasteiger partial charge is 0.317 e. The number of halogens is 2. The molecule has 0 aliphatic heterocycles. The molecule has 3 nitrogen and oxygen atoms in total. The van der Waals surface area contributed by atoms with Gasteiger partial charge in [-0.3, -0.25) is 0 Å².